The summed E-state index contributed by atoms with van der Waals surface area (Å²) in [4.78, 5) is 11.5. The van der Waals surface area contributed by atoms with E-state index in [0.717, 1.165) is 6.42 Å². The van der Waals surface area contributed by atoms with Gasteiger partial charge in [0.25, 0.3) is 0 Å². The van der Waals surface area contributed by atoms with E-state index < -0.39 is 8.53 Å². The molecular weight excluding hydrogens is 388 g/mol. The number of hydrogen-bond donors (Lipinski definition) is 1. The van der Waals surface area contributed by atoms with Crippen molar-refractivity contribution < 1.29 is 23.3 Å². The van der Waals surface area contributed by atoms with Crippen LogP contribution in [0, 0.1) is 5.41 Å². The molecule has 1 aliphatic heterocycles. The van der Waals surface area contributed by atoms with Gasteiger partial charge in [0.05, 0.1) is 19.8 Å². The van der Waals surface area contributed by atoms with Crippen molar-refractivity contribution in [3.63, 3.8) is 0 Å². The van der Waals surface area contributed by atoms with E-state index in [9.17, 15) is 4.79 Å². The Morgan fingerprint density at radius 1 is 1.21 bits per heavy atom. The van der Waals surface area contributed by atoms with E-state index in [4.69, 9.17) is 18.5 Å². The first kappa shape index (κ1) is 22.5. The molecule has 0 amide bonds. The number of hydrogen-bond acceptors (Lipinski definition) is 6. The van der Waals surface area contributed by atoms with Crippen LogP contribution in [0.4, 0.5) is 0 Å². The summed E-state index contributed by atoms with van der Waals surface area (Å²) in [7, 11) is 2.12. The maximum atomic E-state index is 11.5. The Kier molecular flexibility index (Phi) is 8.79. The van der Waals surface area contributed by atoms with E-state index in [1.807, 2.05) is 30.3 Å². The van der Waals surface area contributed by atoms with Crippen LogP contribution in [-0.4, -0.2) is 46.2 Å². The Balaban J connectivity index is 1.55. The molecule has 2 aliphatic rings. The number of ether oxygens (including phenoxy) is 2. The second-order valence-corrected chi connectivity index (χ2v) is 9.37. The van der Waals surface area contributed by atoms with Crippen molar-refractivity contribution in [3.05, 3.63) is 30.3 Å². The summed E-state index contributed by atoms with van der Waals surface area (Å²) in [5.41, 5.74) is 0.289. The first-order chi connectivity index (χ1) is 14.1. The highest BCUT2D eigenvalue weighted by atomic mass is 31.2. The monoisotopic (exact) mass is 421 g/mol. The van der Waals surface area contributed by atoms with E-state index in [0.29, 0.717) is 12.4 Å². The Bertz CT molecular complexity index is 627. The largest absolute Gasteiger partial charge is 0.468 e. The highest BCUT2D eigenvalue weighted by Gasteiger charge is 2.45. The standard InChI is InChI=1S/C21H33BNO5P/c1-25-19(24)15-23-29(28-17-10-6-5-7-11-17)26-16-18-14-21(20(22)27-18)12-8-3-2-4-9-13-21/h5-7,10-11,18,20,23H,2-4,8-9,12-16,22H2,1H3. The van der Waals surface area contributed by atoms with Crippen LogP contribution in [0.15, 0.2) is 30.3 Å². The minimum atomic E-state index is -1.47. The van der Waals surface area contributed by atoms with E-state index in [1.54, 1.807) is 0 Å². The van der Waals surface area contributed by atoms with Crippen molar-refractivity contribution in [1.82, 2.24) is 5.09 Å². The topological polar surface area (TPSA) is 66.0 Å². The number of nitrogens with one attached hydrogen (secondary N) is 1. The molecule has 3 atom stereocenters. The van der Waals surface area contributed by atoms with Crippen molar-refractivity contribution in [3.8, 4) is 5.75 Å². The molecule has 3 rings (SSSR count). The number of para-hydroxylation sites is 1. The Labute approximate surface area is 176 Å². The van der Waals surface area contributed by atoms with Gasteiger partial charge in [-0.2, -0.15) is 0 Å². The normalized spacial score (nSPS) is 25.1. The van der Waals surface area contributed by atoms with E-state index in [2.05, 4.69) is 12.9 Å². The van der Waals surface area contributed by atoms with Gasteiger partial charge >= 0.3 is 14.5 Å². The zero-order valence-electron chi connectivity index (χ0n) is 17.6. The minimum absolute atomic E-state index is 0.0426. The Hall–Kier alpha value is -1.14. The third-order valence-electron chi connectivity index (χ3n) is 6.13. The van der Waals surface area contributed by atoms with Gasteiger partial charge in [-0.15, -0.1) is 0 Å². The Morgan fingerprint density at radius 3 is 2.59 bits per heavy atom. The van der Waals surface area contributed by atoms with Crippen molar-refractivity contribution in [1.29, 1.82) is 0 Å². The quantitative estimate of drug-likeness (QED) is 0.394. The third-order valence-corrected chi connectivity index (χ3v) is 7.31. The molecule has 0 bridgehead atoms. The zero-order chi connectivity index (χ0) is 20.5. The molecule has 1 aromatic rings. The second-order valence-electron chi connectivity index (χ2n) is 8.10. The highest BCUT2D eigenvalue weighted by Crippen LogP contribution is 2.47. The lowest BCUT2D eigenvalue weighted by Gasteiger charge is -2.34. The third kappa shape index (κ3) is 6.68. The van der Waals surface area contributed by atoms with Gasteiger partial charge in [0.15, 0.2) is 0 Å². The molecule has 1 heterocycles. The van der Waals surface area contributed by atoms with Crippen LogP contribution < -0.4 is 9.61 Å². The maximum absolute atomic E-state index is 11.5. The number of carbonyl (C=O) groups excluding carboxylic acids is 1. The van der Waals surface area contributed by atoms with Gasteiger partial charge in [0.1, 0.15) is 20.1 Å². The summed E-state index contributed by atoms with van der Waals surface area (Å²) in [6.07, 6.45) is 10.2. The van der Waals surface area contributed by atoms with Crippen LogP contribution in [0.3, 0.4) is 0 Å². The highest BCUT2D eigenvalue weighted by molar-refractivity contribution is 7.45. The number of methoxy groups -OCH3 is 1. The Morgan fingerprint density at radius 2 is 1.90 bits per heavy atom. The smallest absolute Gasteiger partial charge is 0.320 e. The molecule has 0 aromatic heterocycles. The second kappa shape index (κ2) is 11.3. The van der Waals surface area contributed by atoms with Crippen molar-refractivity contribution in [2.45, 2.75) is 63.5 Å². The molecule has 29 heavy (non-hydrogen) atoms. The van der Waals surface area contributed by atoms with Gasteiger partial charge in [0, 0.05) is 6.00 Å². The average Bonchev–Trinajstić information content (AvgIpc) is 3.03. The predicted octanol–water partition coefficient (Wildman–Crippen LogP) is 3.55. The number of benzene rings is 1. The molecule has 1 N–H and O–H groups in total. The van der Waals surface area contributed by atoms with Crippen LogP contribution in [0.5, 0.6) is 5.75 Å². The first-order valence-electron chi connectivity index (χ1n) is 10.7. The molecule has 1 saturated heterocycles. The van der Waals surface area contributed by atoms with Crippen LogP contribution in [0.2, 0.25) is 0 Å². The minimum Gasteiger partial charge on any atom is -0.468 e. The number of esters is 1. The maximum Gasteiger partial charge on any atom is 0.320 e. The number of carbonyl (C=O) groups is 1. The molecule has 1 aliphatic carbocycles. The lowest BCUT2D eigenvalue weighted by atomic mass is 9.65. The van der Waals surface area contributed by atoms with Gasteiger partial charge in [-0.25, -0.2) is 5.09 Å². The van der Waals surface area contributed by atoms with Crippen molar-refractivity contribution in [2.24, 2.45) is 5.41 Å². The van der Waals surface area contributed by atoms with Gasteiger partial charge < -0.3 is 18.5 Å². The van der Waals surface area contributed by atoms with Crippen LogP contribution in [-0.2, 0) is 18.8 Å². The van der Waals surface area contributed by atoms with Crippen LogP contribution >= 0.6 is 8.53 Å². The molecule has 6 nitrogen and oxygen atoms in total. The number of rotatable bonds is 8. The molecular formula is C21H33BNO5P. The summed E-state index contributed by atoms with van der Waals surface area (Å²) in [5.74, 6) is 0.352. The molecule has 8 heteroatoms. The van der Waals surface area contributed by atoms with E-state index in [1.165, 1.54) is 52.1 Å². The summed E-state index contributed by atoms with van der Waals surface area (Å²) in [5, 5.41) is 3.03. The molecule has 2 fully saturated rings. The van der Waals surface area contributed by atoms with Crippen LogP contribution in [0.1, 0.15) is 51.4 Å². The summed E-state index contributed by atoms with van der Waals surface area (Å²) < 4.78 is 23.0. The summed E-state index contributed by atoms with van der Waals surface area (Å²) in [6, 6.07) is 9.75. The fourth-order valence-electron chi connectivity index (χ4n) is 4.45. The molecule has 1 aromatic carbocycles. The van der Waals surface area contributed by atoms with Crippen molar-refractivity contribution >= 4 is 22.3 Å². The average molecular weight is 421 g/mol. The zero-order valence-corrected chi connectivity index (χ0v) is 18.5. The SMILES string of the molecule is BC1OC(COP(NCC(=O)OC)Oc2ccccc2)CC12CCCCCCC2. The fourth-order valence-corrected chi connectivity index (χ4v) is 5.53. The lowest BCUT2D eigenvalue weighted by Crippen LogP contribution is -2.32. The van der Waals surface area contributed by atoms with Gasteiger partial charge in [0.2, 0.25) is 0 Å². The molecule has 3 unspecified atom stereocenters. The predicted molar refractivity (Wildman–Crippen MR) is 117 cm³/mol. The fraction of sp³-hybridized carbons (Fsp3) is 0.667. The van der Waals surface area contributed by atoms with Crippen molar-refractivity contribution in [2.75, 3.05) is 20.3 Å². The van der Waals surface area contributed by atoms with Gasteiger partial charge in [-0.1, -0.05) is 50.3 Å². The summed E-state index contributed by atoms with van der Waals surface area (Å²) in [6.45, 7) is 0.500. The van der Waals surface area contributed by atoms with E-state index in [-0.39, 0.29) is 30.0 Å². The molecule has 1 spiro atoms. The molecule has 160 valence electrons. The van der Waals surface area contributed by atoms with E-state index >= 15 is 0 Å². The van der Waals surface area contributed by atoms with Gasteiger partial charge in [-0.3, -0.25) is 4.79 Å². The summed E-state index contributed by atoms with van der Waals surface area (Å²) >= 11 is 0. The molecule has 1 saturated carbocycles. The first-order valence-corrected chi connectivity index (χ1v) is 11.9. The lowest BCUT2D eigenvalue weighted by molar-refractivity contribution is -0.139. The molecule has 0 radical (unpaired) electrons. The van der Waals surface area contributed by atoms with Crippen LogP contribution in [0.25, 0.3) is 0 Å². The van der Waals surface area contributed by atoms with Gasteiger partial charge in [-0.05, 0) is 36.8 Å².